The highest BCUT2D eigenvalue weighted by atomic mass is 32.2. The fraction of sp³-hybridized carbons (Fsp3) is 0.375. The maximum atomic E-state index is 12.9. The van der Waals surface area contributed by atoms with Gasteiger partial charge in [-0.05, 0) is 37.6 Å². The van der Waals surface area contributed by atoms with Crippen LogP contribution in [0.3, 0.4) is 0 Å². The molecule has 1 atom stereocenters. The molecule has 6 heteroatoms. The number of halogens is 1. The molecule has 0 aliphatic carbocycles. The zero-order chi connectivity index (χ0) is 15.9. The summed E-state index contributed by atoms with van der Waals surface area (Å²) in [5.74, 6) is 0.140. The van der Waals surface area contributed by atoms with E-state index in [1.54, 1.807) is 12.1 Å². The molecule has 3 nitrogen and oxygen atoms in total. The molecule has 0 spiro atoms. The fourth-order valence-electron chi connectivity index (χ4n) is 2.03. The van der Waals surface area contributed by atoms with Crippen LogP contribution in [0.5, 0.6) is 0 Å². The molecule has 0 aliphatic rings. The number of thioether (sulfide) groups is 1. The van der Waals surface area contributed by atoms with E-state index in [9.17, 15) is 9.18 Å². The van der Waals surface area contributed by atoms with Gasteiger partial charge in [0.1, 0.15) is 5.82 Å². The van der Waals surface area contributed by atoms with Crippen molar-refractivity contribution < 1.29 is 9.18 Å². The molecule has 0 fully saturated rings. The SMILES string of the molecule is CCC[C@H](C)NC(=O)CSc1nc(-c2ccc(F)cc2)cs1. The normalized spacial score (nSPS) is 12.1. The quantitative estimate of drug-likeness (QED) is 0.763. The van der Waals surface area contributed by atoms with Crippen LogP contribution in [-0.4, -0.2) is 22.7 Å². The van der Waals surface area contributed by atoms with E-state index in [4.69, 9.17) is 0 Å². The molecule has 1 amide bonds. The van der Waals surface area contributed by atoms with Crippen molar-refractivity contribution in [2.75, 3.05) is 5.75 Å². The molecule has 1 aromatic heterocycles. The molecule has 0 radical (unpaired) electrons. The van der Waals surface area contributed by atoms with Gasteiger partial charge in [-0.2, -0.15) is 0 Å². The average molecular weight is 338 g/mol. The van der Waals surface area contributed by atoms with Crippen molar-refractivity contribution in [2.45, 2.75) is 37.1 Å². The summed E-state index contributed by atoms with van der Waals surface area (Å²) in [5.41, 5.74) is 1.69. The smallest absolute Gasteiger partial charge is 0.230 e. The van der Waals surface area contributed by atoms with Crippen molar-refractivity contribution in [3.8, 4) is 11.3 Å². The van der Waals surface area contributed by atoms with E-state index in [-0.39, 0.29) is 17.8 Å². The van der Waals surface area contributed by atoms with Crippen molar-refractivity contribution in [1.82, 2.24) is 10.3 Å². The van der Waals surface area contributed by atoms with Crippen molar-refractivity contribution >= 4 is 29.0 Å². The van der Waals surface area contributed by atoms with Crippen LogP contribution in [-0.2, 0) is 4.79 Å². The topological polar surface area (TPSA) is 42.0 Å². The molecule has 1 aromatic carbocycles. The third-order valence-corrected chi connectivity index (χ3v) is 5.10. The standard InChI is InChI=1S/C16H19FN2OS2/c1-3-4-11(2)18-15(20)10-22-16-19-14(9-21-16)12-5-7-13(17)8-6-12/h5-9,11H,3-4,10H2,1-2H3,(H,18,20)/t11-/m0/s1. The van der Waals surface area contributed by atoms with Gasteiger partial charge in [0.2, 0.25) is 5.91 Å². The highest BCUT2D eigenvalue weighted by Crippen LogP contribution is 2.28. The van der Waals surface area contributed by atoms with E-state index in [1.807, 2.05) is 12.3 Å². The Bertz CT molecular complexity index is 613. The number of benzene rings is 1. The number of hydrogen-bond donors (Lipinski definition) is 1. The second-order valence-corrected chi connectivity index (χ2v) is 7.13. The summed E-state index contributed by atoms with van der Waals surface area (Å²) in [4.78, 5) is 16.3. The number of aromatic nitrogens is 1. The predicted molar refractivity (Wildman–Crippen MR) is 90.7 cm³/mol. The first-order valence-corrected chi connectivity index (χ1v) is 9.08. The van der Waals surface area contributed by atoms with Crippen LogP contribution < -0.4 is 5.32 Å². The number of carbonyl (C=O) groups is 1. The van der Waals surface area contributed by atoms with Gasteiger partial charge in [-0.3, -0.25) is 4.79 Å². The van der Waals surface area contributed by atoms with Crippen LogP contribution in [0.25, 0.3) is 11.3 Å². The summed E-state index contributed by atoms with van der Waals surface area (Å²) in [6.07, 6.45) is 2.05. The zero-order valence-corrected chi connectivity index (χ0v) is 14.3. The minimum Gasteiger partial charge on any atom is -0.353 e. The lowest BCUT2D eigenvalue weighted by Gasteiger charge is -2.11. The van der Waals surface area contributed by atoms with E-state index in [0.29, 0.717) is 5.75 Å². The van der Waals surface area contributed by atoms with E-state index in [0.717, 1.165) is 28.4 Å². The molecule has 0 bridgehead atoms. The Balaban J connectivity index is 1.87. The van der Waals surface area contributed by atoms with Crippen molar-refractivity contribution in [1.29, 1.82) is 0 Å². The predicted octanol–water partition coefficient (Wildman–Crippen LogP) is 4.35. The fourth-order valence-corrected chi connectivity index (χ4v) is 3.67. The van der Waals surface area contributed by atoms with E-state index < -0.39 is 0 Å². The number of hydrogen-bond acceptors (Lipinski definition) is 4. The van der Waals surface area contributed by atoms with Crippen LogP contribution in [0.4, 0.5) is 4.39 Å². The van der Waals surface area contributed by atoms with Gasteiger partial charge >= 0.3 is 0 Å². The molecule has 0 saturated carbocycles. The molecule has 0 saturated heterocycles. The van der Waals surface area contributed by atoms with Gasteiger partial charge in [0.05, 0.1) is 11.4 Å². The summed E-state index contributed by atoms with van der Waals surface area (Å²) < 4.78 is 13.8. The first-order chi connectivity index (χ1) is 10.6. The first-order valence-electron chi connectivity index (χ1n) is 7.22. The Morgan fingerprint density at radius 2 is 2.14 bits per heavy atom. The highest BCUT2D eigenvalue weighted by molar-refractivity contribution is 8.01. The number of nitrogens with one attached hydrogen (secondary N) is 1. The summed E-state index contributed by atoms with van der Waals surface area (Å²) in [6.45, 7) is 4.12. The first kappa shape index (κ1) is 17.0. The van der Waals surface area contributed by atoms with Crippen LogP contribution in [0, 0.1) is 5.82 Å². The Hall–Kier alpha value is -1.40. The third kappa shape index (κ3) is 5.10. The van der Waals surface area contributed by atoms with Gasteiger partial charge in [-0.1, -0.05) is 25.1 Å². The lowest BCUT2D eigenvalue weighted by molar-refractivity contribution is -0.119. The molecule has 0 aliphatic heterocycles. The van der Waals surface area contributed by atoms with Gasteiger partial charge in [0, 0.05) is 17.0 Å². The Morgan fingerprint density at radius 1 is 1.41 bits per heavy atom. The molecule has 2 rings (SSSR count). The molecule has 22 heavy (non-hydrogen) atoms. The van der Waals surface area contributed by atoms with Gasteiger partial charge in [-0.15, -0.1) is 11.3 Å². The van der Waals surface area contributed by atoms with Gasteiger partial charge < -0.3 is 5.32 Å². The summed E-state index contributed by atoms with van der Waals surface area (Å²) in [6, 6.07) is 6.47. The number of nitrogens with zero attached hydrogens (tertiary/aromatic N) is 1. The minimum absolute atomic E-state index is 0.0319. The van der Waals surface area contributed by atoms with Gasteiger partial charge in [0.25, 0.3) is 0 Å². The largest absolute Gasteiger partial charge is 0.353 e. The number of thiazole rings is 1. The van der Waals surface area contributed by atoms with E-state index in [1.165, 1.54) is 35.2 Å². The molecule has 1 N–H and O–H groups in total. The Labute approximate surface area is 138 Å². The highest BCUT2D eigenvalue weighted by Gasteiger charge is 2.10. The number of amides is 1. The zero-order valence-electron chi connectivity index (χ0n) is 12.6. The van der Waals surface area contributed by atoms with Crippen LogP contribution >= 0.6 is 23.1 Å². The molecule has 118 valence electrons. The molecular formula is C16H19FN2OS2. The Morgan fingerprint density at radius 3 is 2.82 bits per heavy atom. The van der Waals surface area contributed by atoms with Crippen LogP contribution in [0.2, 0.25) is 0 Å². The van der Waals surface area contributed by atoms with E-state index in [2.05, 4.69) is 17.2 Å². The van der Waals surface area contributed by atoms with E-state index >= 15 is 0 Å². The molecule has 0 unspecified atom stereocenters. The lowest BCUT2D eigenvalue weighted by Crippen LogP contribution is -2.33. The van der Waals surface area contributed by atoms with Gasteiger partial charge in [-0.25, -0.2) is 9.37 Å². The van der Waals surface area contributed by atoms with Crippen molar-refractivity contribution in [3.63, 3.8) is 0 Å². The number of carbonyl (C=O) groups excluding carboxylic acids is 1. The maximum absolute atomic E-state index is 12.9. The lowest BCUT2D eigenvalue weighted by atomic mass is 10.2. The molecule has 2 aromatic rings. The summed E-state index contributed by atoms with van der Waals surface area (Å²) >= 11 is 2.93. The van der Waals surface area contributed by atoms with Crippen LogP contribution in [0.15, 0.2) is 34.0 Å². The summed E-state index contributed by atoms with van der Waals surface area (Å²) in [7, 11) is 0. The van der Waals surface area contributed by atoms with Crippen molar-refractivity contribution in [3.05, 3.63) is 35.5 Å². The van der Waals surface area contributed by atoms with Gasteiger partial charge in [0.15, 0.2) is 4.34 Å². The monoisotopic (exact) mass is 338 g/mol. The summed E-state index contributed by atoms with van der Waals surface area (Å²) in [5, 5.41) is 4.89. The Kier molecular flexibility index (Phi) is 6.39. The van der Waals surface area contributed by atoms with Crippen molar-refractivity contribution in [2.24, 2.45) is 0 Å². The second kappa shape index (κ2) is 8.29. The maximum Gasteiger partial charge on any atom is 0.230 e. The number of rotatable bonds is 7. The third-order valence-electron chi connectivity index (χ3n) is 3.08. The minimum atomic E-state index is -0.258. The van der Waals surface area contributed by atoms with Crippen LogP contribution in [0.1, 0.15) is 26.7 Å². The second-order valence-electron chi connectivity index (χ2n) is 5.05. The molecular weight excluding hydrogens is 319 g/mol. The molecule has 1 heterocycles. The average Bonchev–Trinajstić information content (AvgIpc) is 2.95.